The summed E-state index contributed by atoms with van der Waals surface area (Å²) in [5, 5.41) is 7.26. The van der Waals surface area contributed by atoms with Gasteiger partial charge in [-0.25, -0.2) is 0 Å². The van der Waals surface area contributed by atoms with Crippen molar-refractivity contribution in [3.05, 3.63) is 35.6 Å². The third kappa shape index (κ3) is 5.89. The van der Waals surface area contributed by atoms with E-state index in [-0.39, 0.29) is 0 Å². The van der Waals surface area contributed by atoms with Gasteiger partial charge in [-0.1, -0.05) is 45.4 Å². The zero-order valence-electron chi connectivity index (χ0n) is 9.96. The van der Waals surface area contributed by atoms with Crippen molar-refractivity contribution in [2.75, 3.05) is 0 Å². The molecule has 0 radical (unpaired) electrons. The summed E-state index contributed by atoms with van der Waals surface area (Å²) in [6.45, 7) is 6.39. The van der Waals surface area contributed by atoms with E-state index in [0.29, 0.717) is 5.92 Å². The van der Waals surface area contributed by atoms with Gasteiger partial charge in [-0.15, -0.1) is 0 Å². The topological polar surface area (TPSA) is 49.9 Å². The summed E-state index contributed by atoms with van der Waals surface area (Å²) in [6, 6.07) is 0. The molecule has 84 valence electrons. The SMILES string of the molecule is CCC/C=C(/C=C\C(C)C)C(\C=N)=C/N. The van der Waals surface area contributed by atoms with E-state index in [1.54, 1.807) is 0 Å². The van der Waals surface area contributed by atoms with Gasteiger partial charge in [0, 0.05) is 18.0 Å². The second-order valence-electron chi connectivity index (χ2n) is 3.82. The highest BCUT2D eigenvalue weighted by Gasteiger charge is 1.97. The third-order valence-corrected chi connectivity index (χ3v) is 1.98. The second-order valence-corrected chi connectivity index (χ2v) is 3.82. The van der Waals surface area contributed by atoms with Crippen LogP contribution in [-0.2, 0) is 0 Å². The maximum Gasteiger partial charge on any atom is 0.0270 e. The Morgan fingerprint density at radius 2 is 2.00 bits per heavy atom. The largest absolute Gasteiger partial charge is 0.404 e. The van der Waals surface area contributed by atoms with Gasteiger partial charge in [0.15, 0.2) is 0 Å². The number of hydrogen-bond donors (Lipinski definition) is 2. The first kappa shape index (κ1) is 13.7. The molecule has 0 saturated carbocycles. The fraction of sp³-hybridized carbons (Fsp3) is 0.462. The van der Waals surface area contributed by atoms with E-state index < -0.39 is 0 Å². The Morgan fingerprint density at radius 1 is 1.33 bits per heavy atom. The molecule has 0 heterocycles. The predicted octanol–water partition coefficient (Wildman–Crippen LogP) is 3.42. The summed E-state index contributed by atoms with van der Waals surface area (Å²) < 4.78 is 0. The Labute approximate surface area is 93.1 Å². The molecule has 0 aliphatic carbocycles. The summed E-state index contributed by atoms with van der Waals surface area (Å²) in [5.41, 5.74) is 7.30. The fourth-order valence-electron chi connectivity index (χ4n) is 1.11. The van der Waals surface area contributed by atoms with Crippen LogP contribution in [0.1, 0.15) is 33.6 Å². The highest BCUT2D eigenvalue weighted by Crippen LogP contribution is 2.12. The highest BCUT2D eigenvalue weighted by molar-refractivity contribution is 5.83. The Kier molecular flexibility index (Phi) is 7.33. The van der Waals surface area contributed by atoms with Crippen molar-refractivity contribution < 1.29 is 0 Å². The van der Waals surface area contributed by atoms with Crippen LogP contribution >= 0.6 is 0 Å². The molecule has 15 heavy (non-hydrogen) atoms. The number of allylic oxidation sites excluding steroid dienone is 5. The molecule has 0 aromatic carbocycles. The van der Waals surface area contributed by atoms with Crippen LogP contribution in [-0.4, -0.2) is 6.21 Å². The minimum Gasteiger partial charge on any atom is -0.404 e. The van der Waals surface area contributed by atoms with Crippen LogP contribution in [0.25, 0.3) is 0 Å². The Hall–Kier alpha value is -1.31. The van der Waals surface area contributed by atoms with E-state index >= 15 is 0 Å². The molecule has 0 rings (SSSR count). The number of nitrogens with two attached hydrogens (primary N) is 1. The van der Waals surface area contributed by atoms with Crippen LogP contribution < -0.4 is 5.73 Å². The maximum absolute atomic E-state index is 7.26. The lowest BCUT2D eigenvalue weighted by Gasteiger charge is -2.03. The number of nitrogens with one attached hydrogen (secondary N) is 1. The lowest BCUT2D eigenvalue weighted by Crippen LogP contribution is -1.94. The molecule has 0 atom stereocenters. The van der Waals surface area contributed by atoms with Crippen LogP contribution in [0, 0.1) is 11.3 Å². The first-order chi connectivity index (χ1) is 7.15. The quantitative estimate of drug-likeness (QED) is 0.508. The maximum atomic E-state index is 7.26. The summed E-state index contributed by atoms with van der Waals surface area (Å²) in [7, 11) is 0. The van der Waals surface area contributed by atoms with Gasteiger partial charge >= 0.3 is 0 Å². The Morgan fingerprint density at radius 3 is 2.40 bits per heavy atom. The molecule has 0 saturated heterocycles. The lowest BCUT2D eigenvalue weighted by atomic mass is 10.0. The minimum absolute atomic E-state index is 0.514. The van der Waals surface area contributed by atoms with Gasteiger partial charge in [-0.2, -0.15) is 0 Å². The van der Waals surface area contributed by atoms with E-state index in [2.05, 4.69) is 32.9 Å². The van der Waals surface area contributed by atoms with E-state index in [4.69, 9.17) is 11.1 Å². The highest BCUT2D eigenvalue weighted by atomic mass is 14.5. The van der Waals surface area contributed by atoms with Crippen LogP contribution in [0.15, 0.2) is 35.6 Å². The van der Waals surface area contributed by atoms with Gasteiger partial charge < -0.3 is 11.1 Å². The molecule has 2 heteroatoms. The van der Waals surface area contributed by atoms with Gasteiger partial charge in [0.2, 0.25) is 0 Å². The zero-order chi connectivity index (χ0) is 11.7. The molecule has 0 aromatic heterocycles. The van der Waals surface area contributed by atoms with Crippen LogP contribution in [0.5, 0.6) is 0 Å². The fourth-order valence-corrected chi connectivity index (χ4v) is 1.11. The van der Waals surface area contributed by atoms with Gasteiger partial charge in [-0.05, 0) is 17.9 Å². The smallest absolute Gasteiger partial charge is 0.0270 e. The van der Waals surface area contributed by atoms with Crippen molar-refractivity contribution in [2.45, 2.75) is 33.6 Å². The number of hydrogen-bond acceptors (Lipinski definition) is 2. The molecule has 0 aromatic rings. The van der Waals surface area contributed by atoms with Crippen molar-refractivity contribution >= 4 is 6.21 Å². The van der Waals surface area contributed by atoms with Gasteiger partial charge in [-0.3, -0.25) is 0 Å². The predicted molar refractivity (Wildman–Crippen MR) is 68.0 cm³/mol. The number of rotatable bonds is 6. The standard InChI is InChI=1S/C13H22N2/c1-4-5-6-12(8-7-11(2)3)13(9-14)10-15/h6-11,14H,4-5,15H2,1-3H3/b8-7-,12-6-,13-10-,14-9?. The number of unbranched alkanes of at least 4 members (excludes halogenated alkanes) is 1. The van der Waals surface area contributed by atoms with Gasteiger partial charge in [0.25, 0.3) is 0 Å². The van der Waals surface area contributed by atoms with Crippen molar-refractivity contribution in [3.63, 3.8) is 0 Å². The monoisotopic (exact) mass is 206 g/mol. The van der Waals surface area contributed by atoms with Crippen molar-refractivity contribution in [3.8, 4) is 0 Å². The average Bonchev–Trinajstić information content (AvgIpc) is 2.22. The molecule has 0 amide bonds. The molecule has 3 N–H and O–H groups in total. The minimum atomic E-state index is 0.514. The molecule has 0 aliphatic heterocycles. The molecule has 0 bridgehead atoms. The third-order valence-electron chi connectivity index (χ3n) is 1.98. The van der Waals surface area contributed by atoms with Crippen LogP contribution in [0.3, 0.4) is 0 Å². The first-order valence-electron chi connectivity index (χ1n) is 5.46. The molecular formula is C13H22N2. The summed E-state index contributed by atoms with van der Waals surface area (Å²) in [5.74, 6) is 0.514. The Bertz CT molecular complexity index is 270. The first-order valence-corrected chi connectivity index (χ1v) is 5.46. The van der Waals surface area contributed by atoms with E-state index in [1.165, 1.54) is 12.4 Å². The zero-order valence-corrected chi connectivity index (χ0v) is 9.96. The van der Waals surface area contributed by atoms with Crippen LogP contribution in [0.2, 0.25) is 0 Å². The normalized spacial score (nSPS) is 13.9. The summed E-state index contributed by atoms with van der Waals surface area (Å²) in [6.07, 6.45) is 11.2. The van der Waals surface area contributed by atoms with Crippen molar-refractivity contribution in [1.29, 1.82) is 5.41 Å². The van der Waals surface area contributed by atoms with E-state index in [9.17, 15) is 0 Å². The van der Waals surface area contributed by atoms with Crippen molar-refractivity contribution in [2.24, 2.45) is 11.7 Å². The van der Waals surface area contributed by atoms with E-state index in [1.807, 2.05) is 6.08 Å². The van der Waals surface area contributed by atoms with Gasteiger partial charge in [0.1, 0.15) is 0 Å². The van der Waals surface area contributed by atoms with Crippen LogP contribution in [0.4, 0.5) is 0 Å². The van der Waals surface area contributed by atoms with E-state index in [0.717, 1.165) is 24.0 Å². The summed E-state index contributed by atoms with van der Waals surface area (Å²) >= 11 is 0. The molecule has 2 nitrogen and oxygen atoms in total. The summed E-state index contributed by atoms with van der Waals surface area (Å²) in [4.78, 5) is 0. The Balaban J connectivity index is 4.80. The lowest BCUT2D eigenvalue weighted by molar-refractivity contribution is 0.831. The second kappa shape index (κ2) is 8.04. The van der Waals surface area contributed by atoms with Crippen molar-refractivity contribution in [1.82, 2.24) is 0 Å². The molecule has 0 fully saturated rings. The molecular weight excluding hydrogens is 184 g/mol. The average molecular weight is 206 g/mol. The van der Waals surface area contributed by atoms with Gasteiger partial charge in [0.05, 0.1) is 0 Å². The molecule has 0 aliphatic rings. The molecule has 0 unspecified atom stereocenters. The molecule has 0 spiro atoms.